The zero-order valence-electron chi connectivity index (χ0n) is 11.4. The van der Waals surface area contributed by atoms with Gasteiger partial charge in [-0.15, -0.1) is 12.4 Å². The largest absolute Gasteiger partial charge is 0.367 e. The number of nitrogens with one attached hydrogen (secondary N) is 1. The van der Waals surface area contributed by atoms with Crippen LogP contribution in [0.2, 0.25) is 0 Å². The fraction of sp³-hybridized carbons (Fsp3) is 0.500. The number of para-hydroxylation sites is 1. The molecule has 106 valence electrons. The summed E-state index contributed by atoms with van der Waals surface area (Å²) in [4.78, 5) is 13.7. The van der Waals surface area contributed by atoms with E-state index in [2.05, 4.69) is 41.4 Å². The van der Waals surface area contributed by atoms with Crippen LogP contribution in [0, 0.1) is 0 Å². The number of fused-ring (bicyclic) bond motifs is 1. The number of nitrogens with zero attached hydrogens (tertiary/aromatic N) is 1. The average molecular weight is 284 g/mol. The first-order valence-corrected chi connectivity index (χ1v) is 6.47. The van der Waals surface area contributed by atoms with Gasteiger partial charge in [0.15, 0.2) is 0 Å². The molecule has 1 aliphatic rings. The summed E-state index contributed by atoms with van der Waals surface area (Å²) < 4.78 is 0. The fourth-order valence-corrected chi connectivity index (χ4v) is 2.43. The molecule has 2 atom stereocenters. The SMILES string of the molecule is CC(N)C(=O)NCCN1c2ccccc2CC1C.Cl. The maximum absolute atomic E-state index is 11.4. The third-order valence-corrected chi connectivity index (χ3v) is 3.41. The molecule has 4 nitrogen and oxygen atoms in total. The number of hydrogen-bond donors (Lipinski definition) is 2. The van der Waals surface area contributed by atoms with E-state index in [9.17, 15) is 4.79 Å². The maximum atomic E-state index is 11.4. The van der Waals surface area contributed by atoms with E-state index in [-0.39, 0.29) is 18.3 Å². The Balaban J connectivity index is 0.00000180. The van der Waals surface area contributed by atoms with Crippen molar-refractivity contribution in [1.82, 2.24) is 5.32 Å². The Labute approximate surface area is 120 Å². The lowest BCUT2D eigenvalue weighted by atomic mass is 10.1. The van der Waals surface area contributed by atoms with Crippen LogP contribution >= 0.6 is 12.4 Å². The molecule has 0 fully saturated rings. The van der Waals surface area contributed by atoms with Gasteiger partial charge in [-0.25, -0.2) is 0 Å². The Morgan fingerprint density at radius 1 is 1.53 bits per heavy atom. The summed E-state index contributed by atoms with van der Waals surface area (Å²) in [5.74, 6) is -0.0878. The molecule has 0 saturated heterocycles. The fourth-order valence-electron chi connectivity index (χ4n) is 2.43. The molecular formula is C14H22ClN3O. The van der Waals surface area contributed by atoms with Crippen LogP contribution in [0.15, 0.2) is 24.3 Å². The molecule has 0 aromatic heterocycles. The number of rotatable bonds is 4. The van der Waals surface area contributed by atoms with Crippen molar-refractivity contribution in [3.8, 4) is 0 Å². The quantitative estimate of drug-likeness (QED) is 0.876. The minimum atomic E-state index is -0.437. The highest BCUT2D eigenvalue weighted by molar-refractivity contribution is 5.85. The van der Waals surface area contributed by atoms with Crippen LogP contribution in [0.5, 0.6) is 0 Å². The summed E-state index contributed by atoms with van der Waals surface area (Å²) in [5.41, 5.74) is 8.19. The van der Waals surface area contributed by atoms with Crippen molar-refractivity contribution < 1.29 is 4.79 Å². The van der Waals surface area contributed by atoms with Crippen molar-refractivity contribution in [2.75, 3.05) is 18.0 Å². The van der Waals surface area contributed by atoms with E-state index < -0.39 is 6.04 Å². The van der Waals surface area contributed by atoms with E-state index >= 15 is 0 Å². The Bertz CT molecular complexity index is 436. The van der Waals surface area contributed by atoms with Gasteiger partial charge >= 0.3 is 0 Å². The van der Waals surface area contributed by atoms with E-state index in [1.807, 2.05) is 0 Å². The monoisotopic (exact) mass is 283 g/mol. The van der Waals surface area contributed by atoms with Crippen LogP contribution in [-0.4, -0.2) is 31.1 Å². The van der Waals surface area contributed by atoms with Gasteiger partial charge in [0.1, 0.15) is 0 Å². The summed E-state index contributed by atoms with van der Waals surface area (Å²) in [6.07, 6.45) is 1.08. The number of hydrogen-bond acceptors (Lipinski definition) is 3. The standard InChI is InChI=1S/C14H21N3O.ClH/c1-10-9-12-5-3-4-6-13(12)17(10)8-7-16-14(18)11(2)15;/h3-6,10-11H,7-9,15H2,1-2H3,(H,16,18);1H. The van der Waals surface area contributed by atoms with E-state index in [4.69, 9.17) is 5.73 Å². The Kier molecular flexibility index (Phi) is 5.63. The lowest BCUT2D eigenvalue weighted by Gasteiger charge is -2.25. The second-order valence-electron chi connectivity index (χ2n) is 4.95. The Hall–Kier alpha value is -1.26. The molecule has 2 unspecified atom stereocenters. The van der Waals surface area contributed by atoms with Crippen LogP contribution in [0.1, 0.15) is 19.4 Å². The smallest absolute Gasteiger partial charge is 0.236 e. The zero-order chi connectivity index (χ0) is 13.1. The van der Waals surface area contributed by atoms with E-state index in [1.165, 1.54) is 11.3 Å². The highest BCUT2D eigenvalue weighted by Crippen LogP contribution is 2.30. The summed E-state index contributed by atoms with van der Waals surface area (Å²) in [6, 6.07) is 8.51. The molecule has 1 aromatic rings. The van der Waals surface area contributed by atoms with E-state index in [1.54, 1.807) is 6.92 Å². The van der Waals surface area contributed by atoms with Gasteiger partial charge < -0.3 is 16.0 Å². The lowest BCUT2D eigenvalue weighted by molar-refractivity contribution is -0.121. The van der Waals surface area contributed by atoms with Crippen LogP contribution < -0.4 is 16.0 Å². The van der Waals surface area contributed by atoms with Gasteiger partial charge in [0.25, 0.3) is 0 Å². The predicted octanol–water partition coefficient (Wildman–Crippen LogP) is 1.32. The Morgan fingerprint density at radius 3 is 2.89 bits per heavy atom. The minimum Gasteiger partial charge on any atom is -0.367 e. The molecule has 1 aromatic carbocycles. The van der Waals surface area contributed by atoms with E-state index in [0.29, 0.717) is 12.6 Å². The molecule has 0 aliphatic carbocycles. The van der Waals surface area contributed by atoms with Crippen LogP contribution in [-0.2, 0) is 11.2 Å². The minimum absolute atomic E-state index is 0. The maximum Gasteiger partial charge on any atom is 0.236 e. The second-order valence-corrected chi connectivity index (χ2v) is 4.95. The highest BCUT2D eigenvalue weighted by atomic mass is 35.5. The summed E-state index contributed by atoms with van der Waals surface area (Å²) >= 11 is 0. The van der Waals surface area contributed by atoms with Crippen molar-refractivity contribution in [3.05, 3.63) is 29.8 Å². The molecule has 1 amide bonds. The van der Waals surface area contributed by atoms with Crippen molar-refractivity contribution in [2.24, 2.45) is 5.73 Å². The first-order valence-electron chi connectivity index (χ1n) is 6.47. The normalized spacial score (nSPS) is 18.5. The molecular weight excluding hydrogens is 262 g/mol. The molecule has 3 N–H and O–H groups in total. The first-order chi connectivity index (χ1) is 8.59. The number of carbonyl (C=O) groups is 1. The van der Waals surface area contributed by atoms with Gasteiger partial charge in [0, 0.05) is 24.8 Å². The van der Waals surface area contributed by atoms with E-state index in [0.717, 1.165) is 13.0 Å². The summed E-state index contributed by atoms with van der Waals surface area (Å²) in [7, 11) is 0. The number of amides is 1. The number of anilines is 1. The molecule has 0 saturated carbocycles. The van der Waals surface area contributed by atoms with Crippen LogP contribution in [0.25, 0.3) is 0 Å². The number of halogens is 1. The van der Waals surface area contributed by atoms with Gasteiger partial charge in [0.05, 0.1) is 6.04 Å². The van der Waals surface area contributed by atoms with Crippen molar-refractivity contribution in [1.29, 1.82) is 0 Å². The number of benzene rings is 1. The summed E-state index contributed by atoms with van der Waals surface area (Å²) in [6.45, 7) is 5.38. The van der Waals surface area contributed by atoms with Gasteiger partial charge in [-0.2, -0.15) is 0 Å². The van der Waals surface area contributed by atoms with Crippen molar-refractivity contribution in [2.45, 2.75) is 32.4 Å². The molecule has 5 heteroatoms. The molecule has 1 heterocycles. The van der Waals surface area contributed by atoms with Gasteiger partial charge in [-0.1, -0.05) is 18.2 Å². The highest BCUT2D eigenvalue weighted by Gasteiger charge is 2.24. The third-order valence-electron chi connectivity index (χ3n) is 3.41. The lowest BCUT2D eigenvalue weighted by Crippen LogP contribution is -2.43. The molecule has 19 heavy (non-hydrogen) atoms. The molecule has 0 radical (unpaired) electrons. The third kappa shape index (κ3) is 3.61. The predicted molar refractivity (Wildman–Crippen MR) is 80.9 cm³/mol. The van der Waals surface area contributed by atoms with Crippen LogP contribution in [0.3, 0.4) is 0 Å². The Morgan fingerprint density at radius 2 is 2.21 bits per heavy atom. The van der Waals surface area contributed by atoms with Gasteiger partial charge in [-0.3, -0.25) is 4.79 Å². The molecule has 0 spiro atoms. The number of carbonyl (C=O) groups excluding carboxylic acids is 1. The first kappa shape index (κ1) is 15.8. The van der Waals surface area contributed by atoms with Crippen molar-refractivity contribution >= 4 is 24.0 Å². The molecule has 1 aliphatic heterocycles. The van der Waals surface area contributed by atoms with Crippen molar-refractivity contribution in [3.63, 3.8) is 0 Å². The molecule has 0 bridgehead atoms. The topological polar surface area (TPSA) is 58.4 Å². The summed E-state index contributed by atoms with van der Waals surface area (Å²) in [5, 5.41) is 2.85. The van der Waals surface area contributed by atoms with Crippen LogP contribution in [0.4, 0.5) is 5.69 Å². The average Bonchev–Trinajstić information content (AvgIpc) is 2.65. The zero-order valence-corrected chi connectivity index (χ0v) is 12.2. The number of nitrogens with two attached hydrogens (primary N) is 1. The molecule has 2 rings (SSSR count). The second kappa shape index (κ2) is 6.78. The van der Waals surface area contributed by atoms with Gasteiger partial charge in [0.2, 0.25) is 5.91 Å². The van der Waals surface area contributed by atoms with Gasteiger partial charge in [-0.05, 0) is 31.9 Å².